The predicted molar refractivity (Wildman–Crippen MR) is 104 cm³/mol. The number of nitrogens with two attached hydrogens (primary N) is 1. The SMILES string of the molecule is C=C1C=CN(C)C(CN(CCCCN)C2CCCc3cccnc32)=C1. The first-order chi connectivity index (χ1) is 12.2. The van der Waals surface area contributed by atoms with Crippen LogP contribution in [-0.4, -0.2) is 41.5 Å². The first-order valence-electron chi connectivity index (χ1n) is 9.37. The van der Waals surface area contributed by atoms with Gasteiger partial charge in [0.1, 0.15) is 0 Å². The summed E-state index contributed by atoms with van der Waals surface area (Å²) in [6.07, 6.45) is 14.0. The minimum atomic E-state index is 0.399. The van der Waals surface area contributed by atoms with E-state index in [0.717, 1.165) is 44.5 Å². The number of rotatable bonds is 7. The zero-order chi connectivity index (χ0) is 17.6. The summed E-state index contributed by atoms with van der Waals surface area (Å²) >= 11 is 0. The zero-order valence-corrected chi connectivity index (χ0v) is 15.3. The minimum absolute atomic E-state index is 0.399. The number of fused-ring (bicyclic) bond motifs is 1. The molecule has 0 spiro atoms. The van der Waals surface area contributed by atoms with E-state index in [-0.39, 0.29) is 0 Å². The summed E-state index contributed by atoms with van der Waals surface area (Å²) in [7, 11) is 2.11. The van der Waals surface area contributed by atoms with Gasteiger partial charge >= 0.3 is 0 Å². The van der Waals surface area contributed by atoms with Crippen molar-refractivity contribution in [3.8, 4) is 0 Å². The van der Waals surface area contributed by atoms with E-state index in [4.69, 9.17) is 10.7 Å². The molecule has 0 aromatic carbocycles. The maximum Gasteiger partial charge on any atom is 0.0607 e. The lowest BCUT2D eigenvalue weighted by Gasteiger charge is -2.37. The monoisotopic (exact) mass is 338 g/mol. The third-order valence-electron chi connectivity index (χ3n) is 5.19. The predicted octanol–water partition coefficient (Wildman–Crippen LogP) is 3.40. The van der Waals surface area contributed by atoms with E-state index in [1.54, 1.807) is 0 Å². The van der Waals surface area contributed by atoms with Crippen molar-refractivity contribution < 1.29 is 0 Å². The minimum Gasteiger partial charge on any atom is -0.353 e. The fraction of sp³-hybridized carbons (Fsp3) is 0.476. The van der Waals surface area contributed by atoms with E-state index in [1.807, 2.05) is 6.20 Å². The van der Waals surface area contributed by atoms with Crippen molar-refractivity contribution >= 4 is 0 Å². The molecule has 0 fully saturated rings. The first kappa shape index (κ1) is 17.9. The Hall–Kier alpha value is -1.91. The Kier molecular flexibility index (Phi) is 6.05. The number of hydrogen-bond donors (Lipinski definition) is 1. The van der Waals surface area contributed by atoms with Crippen molar-refractivity contribution in [2.45, 2.75) is 38.1 Å². The van der Waals surface area contributed by atoms with Crippen LogP contribution in [0.25, 0.3) is 0 Å². The Labute approximate surface area is 151 Å². The molecule has 1 aliphatic heterocycles. The molecule has 2 N–H and O–H groups in total. The van der Waals surface area contributed by atoms with E-state index in [2.05, 4.69) is 53.9 Å². The topological polar surface area (TPSA) is 45.4 Å². The molecule has 0 saturated heterocycles. The van der Waals surface area contributed by atoms with E-state index in [9.17, 15) is 0 Å². The highest BCUT2D eigenvalue weighted by Gasteiger charge is 2.28. The molecule has 1 aromatic rings. The number of aryl methyl sites for hydroxylation is 1. The molecule has 0 bridgehead atoms. The van der Waals surface area contributed by atoms with Crippen LogP contribution in [0.1, 0.15) is 43.0 Å². The Morgan fingerprint density at radius 1 is 1.40 bits per heavy atom. The van der Waals surface area contributed by atoms with E-state index in [0.29, 0.717) is 6.04 Å². The number of nitrogens with zero attached hydrogens (tertiary/aromatic N) is 3. The summed E-state index contributed by atoms with van der Waals surface area (Å²) in [5.74, 6) is 0. The number of allylic oxidation sites excluding steroid dienone is 3. The van der Waals surface area contributed by atoms with E-state index < -0.39 is 0 Å². The third-order valence-corrected chi connectivity index (χ3v) is 5.19. The average Bonchev–Trinajstić information content (AvgIpc) is 2.63. The summed E-state index contributed by atoms with van der Waals surface area (Å²) in [6.45, 7) is 6.83. The summed E-state index contributed by atoms with van der Waals surface area (Å²) in [5.41, 5.74) is 10.8. The molecule has 4 nitrogen and oxygen atoms in total. The van der Waals surface area contributed by atoms with Crippen LogP contribution >= 0.6 is 0 Å². The van der Waals surface area contributed by atoms with Crippen LogP contribution in [0.2, 0.25) is 0 Å². The lowest BCUT2D eigenvalue weighted by atomic mass is 9.90. The number of hydrogen-bond acceptors (Lipinski definition) is 4. The maximum absolute atomic E-state index is 5.72. The van der Waals surface area contributed by atoms with Gasteiger partial charge in [-0.05, 0) is 74.5 Å². The van der Waals surface area contributed by atoms with Gasteiger partial charge < -0.3 is 10.6 Å². The summed E-state index contributed by atoms with van der Waals surface area (Å²) in [6, 6.07) is 4.70. The lowest BCUT2D eigenvalue weighted by Crippen LogP contribution is -2.37. The smallest absolute Gasteiger partial charge is 0.0607 e. The molecule has 1 aliphatic carbocycles. The van der Waals surface area contributed by atoms with Gasteiger partial charge in [0.2, 0.25) is 0 Å². The first-order valence-corrected chi connectivity index (χ1v) is 9.37. The van der Waals surface area contributed by atoms with Gasteiger partial charge in [0.15, 0.2) is 0 Å². The second-order valence-electron chi connectivity index (χ2n) is 7.06. The molecule has 1 aromatic heterocycles. The molecule has 1 atom stereocenters. The summed E-state index contributed by atoms with van der Waals surface area (Å²) in [5, 5.41) is 0. The van der Waals surface area contributed by atoms with Crippen molar-refractivity contribution in [3.63, 3.8) is 0 Å². The van der Waals surface area contributed by atoms with Gasteiger partial charge in [-0.3, -0.25) is 9.88 Å². The van der Waals surface area contributed by atoms with Crippen LogP contribution in [0.4, 0.5) is 0 Å². The Bertz CT molecular complexity index is 662. The molecule has 0 saturated carbocycles. The molecule has 0 radical (unpaired) electrons. The molecular weight excluding hydrogens is 308 g/mol. The van der Waals surface area contributed by atoms with Crippen LogP contribution in [0, 0.1) is 0 Å². The van der Waals surface area contributed by atoms with Crippen molar-refractivity contribution in [2.24, 2.45) is 5.73 Å². The van der Waals surface area contributed by atoms with Gasteiger partial charge in [0.05, 0.1) is 11.7 Å². The second kappa shape index (κ2) is 8.45. The zero-order valence-electron chi connectivity index (χ0n) is 15.3. The Balaban J connectivity index is 1.81. The number of likely N-dealkylation sites (N-methyl/N-ethyl adjacent to an activating group) is 1. The largest absolute Gasteiger partial charge is 0.353 e. The standard InChI is InChI=1S/C21H30N4/c1-17-10-14-24(2)19(15-17)16-25(13-4-3-11-22)20-9-5-7-18-8-6-12-23-21(18)20/h6,8,10,12,14-15,20H,1,3-5,7,9,11,13,16,22H2,2H3. The van der Waals surface area contributed by atoms with Crippen LogP contribution < -0.4 is 5.73 Å². The number of unbranched alkanes of at least 4 members (excludes halogenated alkanes) is 1. The van der Waals surface area contributed by atoms with Crippen molar-refractivity contribution in [1.29, 1.82) is 0 Å². The highest BCUT2D eigenvalue weighted by atomic mass is 15.2. The quantitative estimate of drug-likeness (QED) is 0.774. The van der Waals surface area contributed by atoms with E-state index >= 15 is 0 Å². The molecule has 134 valence electrons. The van der Waals surface area contributed by atoms with Gasteiger partial charge in [-0.25, -0.2) is 0 Å². The molecule has 1 unspecified atom stereocenters. The van der Waals surface area contributed by atoms with Crippen LogP contribution in [0.15, 0.2) is 54.5 Å². The van der Waals surface area contributed by atoms with E-state index in [1.165, 1.54) is 29.8 Å². The highest BCUT2D eigenvalue weighted by Crippen LogP contribution is 2.34. The Morgan fingerprint density at radius 3 is 3.12 bits per heavy atom. The van der Waals surface area contributed by atoms with Crippen LogP contribution in [0.3, 0.4) is 0 Å². The van der Waals surface area contributed by atoms with Gasteiger partial charge in [-0.2, -0.15) is 0 Å². The van der Waals surface area contributed by atoms with Crippen LogP contribution in [0.5, 0.6) is 0 Å². The molecule has 4 heteroatoms. The average molecular weight is 338 g/mol. The number of aromatic nitrogens is 1. The maximum atomic E-state index is 5.72. The van der Waals surface area contributed by atoms with Crippen molar-refractivity contribution in [2.75, 3.05) is 26.7 Å². The molecule has 2 aliphatic rings. The molecule has 2 heterocycles. The lowest BCUT2D eigenvalue weighted by molar-refractivity contribution is 0.177. The Morgan fingerprint density at radius 2 is 2.28 bits per heavy atom. The molecule has 0 amide bonds. The molecular formula is C21H30N4. The molecule has 25 heavy (non-hydrogen) atoms. The van der Waals surface area contributed by atoms with Crippen molar-refractivity contribution in [1.82, 2.24) is 14.8 Å². The highest BCUT2D eigenvalue weighted by molar-refractivity contribution is 5.35. The normalized spacial score (nSPS) is 20.0. The third kappa shape index (κ3) is 4.39. The second-order valence-corrected chi connectivity index (χ2v) is 7.06. The van der Waals surface area contributed by atoms with Gasteiger partial charge in [0, 0.05) is 31.7 Å². The van der Waals surface area contributed by atoms with Crippen LogP contribution in [-0.2, 0) is 6.42 Å². The number of pyridine rings is 1. The summed E-state index contributed by atoms with van der Waals surface area (Å²) in [4.78, 5) is 9.54. The molecule has 3 rings (SSSR count). The fourth-order valence-electron chi connectivity index (χ4n) is 3.78. The van der Waals surface area contributed by atoms with Crippen molar-refractivity contribution in [3.05, 3.63) is 65.8 Å². The van der Waals surface area contributed by atoms with Gasteiger partial charge in [-0.1, -0.05) is 12.6 Å². The fourth-order valence-corrected chi connectivity index (χ4v) is 3.78. The summed E-state index contributed by atoms with van der Waals surface area (Å²) < 4.78 is 0. The van der Waals surface area contributed by atoms with Gasteiger partial charge in [0.25, 0.3) is 0 Å². The van der Waals surface area contributed by atoms with Gasteiger partial charge in [-0.15, -0.1) is 0 Å².